The fourth-order valence-electron chi connectivity index (χ4n) is 0. The van der Waals surface area contributed by atoms with E-state index in [1.165, 1.54) is 0 Å². The molecule has 0 spiro atoms. The van der Waals surface area contributed by atoms with E-state index in [1.54, 1.807) is 0 Å². The Balaban J connectivity index is 0. The van der Waals surface area contributed by atoms with Crippen molar-refractivity contribution >= 4 is 123 Å². The van der Waals surface area contributed by atoms with Crippen molar-refractivity contribution in [3.05, 3.63) is 0 Å². The summed E-state index contributed by atoms with van der Waals surface area (Å²) in [5, 5.41) is 0. The van der Waals surface area contributed by atoms with Crippen molar-refractivity contribution in [1.82, 2.24) is 0 Å². The van der Waals surface area contributed by atoms with Crippen LogP contribution in [0.2, 0.25) is 0 Å². The summed E-state index contributed by atoms with van der Waals surface area (Å²) in [5.74, 6) is 0. The Kier molecular flexibility index (Phi) is 1320. The summed E-state index contributed by atoms with van der Waals surface area (Å²) in [4.78, 5) is 0. The Bertz CT molecular complexity index is 11.8. The molecule has 0 amide bonds. The van der Waals surface area contributed by atoms with Gasteiger partial charge in [-0.15, -0.1) is 0 Å². The van der Waals surface area contributed by atoms with E-state index in [9.17, 15) is 0 Å². The van der Waals surface area contributed by atoms with Crippen LogP contribution >= 0.6 is 0 Å². The van der Waals surface area contributed by atoms with E-state index in [0.29, 0.717) is 0 Å². The molecular formula is Co5Ge7. The SMILES string of the molecule is [Co].[Co].[Co].[Co].[Co].[Ge].[Ge].[Ge].[Ge].[Ge].[Ge].[Ge]. The number of hydrogen-bond donors (Lipinski definition) is 0. The molecule has 0 saturated heterocycles. The van der Waals surface area contributed by atoms with Crippen LogP contribution in [0, 0.1) is 0 Å². The van der Waals surface area contributed by atoms with Crippen molar-refractivity contribution < 1.29 is 83.9 Å². The summed E-state index contributed by atoms with van der Waals surface area (Å²) in [7, 11) is 0. The fraction of sp³-hybridized carbons (Fsp3) is 0. The molecule has 0 saturated carbocycles. The third-order valence-electron chi connectivity index (χ3n) is 0. The first-order valence-electron chi connectivity index (χ1n) is 0. The van der Waals surface area contributed by atoms with Gasteiger partial charge in [0.1, 0.15) is 0 Å². The Hall–Kier alpha value is 6.33. The van der Waals surface area contributed by atoms with Crippen molar-refractivity contribution in [3.63, 3.8) is 0 Å². The Morgan fingerprint density at radius 1 is 0.167 bits per heavy atom. The molecule has 73 valence electrons. The maximum absolute atomic E-state index is 0. The molecule has 12 heavy (non-hydrogen) atoms. The summed E-state index contributed by atoms with van der Waals surface area (Å²) in [6, 6.07) is 0. The average molecular weight is 803 g/mol. The van der Waals surface area contributed by atoms with Gasteiger partial charge in [0.15, 0.2) is 0 Å². The minimum Gasteiger partial charge on any atom is 0 e. The monoisotopic (exact) mass is 812 g/mol. The van der Waals surface area contributed by atoms with Gasteiger partial charge in [-0.2, -0.15) is 0 Å². The summed E-state index contributed by atoms with van der Waals surface area (Å²) >= 11 is 0. The molecule has 0 N–H and O–H groups in total. The van der Waals surface area contributed by atoms with Crippen LogP contribution in [-0.4, -0.2) is 123 Å². The van der Waals surface area contributed by atoms with Crippen molar-refractivity contribution in [2.24, 2.45) is 0 Å². The van der Waals surface area contributed by atoms with Gasteiger partial charge < -0.3 is 0 Å². The van der Waals surface area contributed by atoms with Gasteiger partial charge in [0.25, 0.3) is 0 Å². The molecule has 0 aromatic heterocycles. The van der Waals surface area contributed by atoms with Crippen molar-refractivity contribution in [2.75, 3.05) is 0 Å². The Morgan fingerprint density at radius 2 is 0.167 bits per heavy atom. The molecule has 0 fully saturated rings. The zero-order chi connectivity index (χ0) is 0. The first-order chi connectivity index (χ1) is 0. The van der Waals surface area contributed by atoms with Gasteiger partial charge in [0, 0.05) is 207 Å². The first-order valence-corrected chi connectivity index (χ1v) is 0. The van der Waals surface area contributed by atoms with E-state index >= 15 is 0 Å². The molecule has 0 aromatic rings. The van der Waals surface area contributed by atoms with Crippen LogP contribution in [0.25, 0.3) is 0 Å². The maximum Gasteiger partial charge on any atom is 0 e. The van der Waals surface area contributed by atoms with E-state index in [4.69, 9.17) is 0 Å². The zero-order valence-corrected chi connectivity index (χ0v) is 25.1. The maximum atomic E-state index is 0. The van der Waals surface area contributed by atoms with Crippen molar-refractivity contribution in [1.29, 1.82) is 0 Å². The van der Waals surface area contributed by atoms with E-state index in [2.05, 4.69) is 0 Å². The molecule has 0 aliphatic heterocycles. The molecule has 0 heterocycles. The minimum atomic E-state index is 0. The second-order valence-corrected chi connectivity index (χ2v) is 0. The molecule has 12 heteroatoms. The zero-order valence-electron chi connectivity index (χ0n) is 5.17. The van der Waals surface area contributed by atoms with Gasteiger partial charge in [0.2, 0.25) is 0 Å². The normalized spacial score (nSPS) is 0. The van der Waals surface area contributed by atoms with Crippen molar-refractivity contribution in [3.8, 4) is 0 Å². The fourth-order valence-corrected chi connectivity index (χ4v) is 0. The first kappa shape index (κ1) is 137. The predicted molar refractivity (Wildman–Crippen MR) is 40.3 cm³/mol. The van der Waals surface area contributed by atoms with Gasteiger partial charge >= 0.3 is 0 Å². The van der Waals surface area contributed by atoms with Gasteiger partial charge in [-0.3, -0.25) is 0 Å². The minimum absolute atomic E-state index is 0. The summed E-state index contributed by atoms with van der Waals surface area (Å²) < 4.78 is 0. The van der Waals surface area contributed by atoms with Crippen LogP contribution < -0.4 is 0 Å². The molecule has 0 aromatic carbocycles. The summed E-state index contributed by atoms with van der Waals surface area (Å²) in [6.45, 7) is 0. The van der Waals surface area contributed by atoms with Gasteiger partial charge in [-0.05, 0) is 0 Å². The second-order valence-electron chi connectivity index (χ2n) is 0. The predicted octanol–water partition coefficient (Wildman–Crippen LogP) is -2.68. The molecule has 33 radical (unpaired) electrons. The second kappa shape index (κ2) is 115. The van der Waals surface area contributed by atoms with Crippen LogP contribution in [0.3, 0.4) is 0 Å². The standard InChI is InChI=1S/5Co.7Ge. The molecule has 0 aliphatic carbocycles. The summed E-state index contributed by atoms with van der Waals surface area (Å²) in [5.41, 5.74) is 0. The average Bonchev–Trinajstić information content (AvgIpc) is 0. The smallest absolute Gasteiger partial charge is 0 e. The van der Waals surface area contributed by atoms with Crippen molar-refractivity contribution in [2.45, 2.75) is 0 Å². The third kappa shape index (κ3) is 95.7. The molecule has 0 unspecified atom stereocenters. The molecular weight excluding hydrogens is 803 g/mol. The van der Waals surface area contributed by atoms with Crippen LogP contribution in [-0.2, 0) is 83.9 Å². The number of hydrogen-bond acceptors (Lipinski definition) is 0. The van der Waals surface area contributed by atoms with Crippen LogP contribution in [0.4, 0.5) is 0 Å². The van der Waals surface area contributed by atoms with E-state index in [1.807, 2.05) is 0 Å². The molecule has 0 aliphatic rings. The van der Waals surface area contributed by atoms with Gasteiger partial charge in [-0.1, -0.05) is 0 Å². The largest absolute Gasteiger partial charge is 0 e. The van der Waals surface area contributed by atoms with Gasteiger partial charge in [-0.25, -0.2) is 0 Å². The Labute approximate surface area is 203 Å². The van der Waals surface area contributed by atoms with E-state index < -0.39 is 0 Å². The quantitative estimate of drug-likeness (QED) is 0.235. The van der Waals surface area contributed by atoms with E-state index in [0.717, 1.165) is 0 Å². The topological polar surface area (TPSA) is 0 Å². The van der Waals surface area contributed by atoms with Crippen LogP contribution in [0.5, 0.6) is 0 Å². The van der Waals surface area contributed by atoms with Gasteiger partial charge in [0.05, 0.1) is 0 Å². The van der Waals surface area contributed by atoms with Crippen LogP contribution in [0.1, 0.15) is 0 Å². The van der Waals surface area contributed by atoms with E-state index in [-0.39, 0.29) is 207 Å². The number of rotatable bonds is 0. The molecule has 0 bridgehead atoms. The molecule has 0 atom stereocenters. The third-order valence-corrected chi connectivity index (χ3v) is 0. The molecule has 0 nitrogen and oxygen atoms in total. The Morgan fingerprint density at radius 3 is 0.167 bits per heavy atom. The molecule has 0 rings (SSSR count). The van der Waals surface area contributed by atoms with Crippen LogP contribution in [0.15, 0.2) is 0 Å². The summed E-state index contributed by atoms with van der Waals surface area (Å²) in [6.07, 6.45) is 0.